The Morgan fingerprint density at radius 1 is 1.35 bits per heavy atom. The summed E-state index contributed by atoms with van der Waals surface area (Å²) in [4.78, 5) is 11.7. The third kappa shape index (κ3) is 3.88. The first-order valence-electron chi connectivity index (χ1n) is 6.27. The fourth-order valence-corrected chi connectivity index (χ4v) is 2.73. The van der Waals surface area contributed by atoms with Crippen LogP contribution in [0, 0.1) is 17.0 Å². The highest BCUT2D eigenvalue weighted by Crippen LogP contribution is 2.26. The fraction of sp³-hybridized carbons (Fsp3) is 0.154. The summed E-state index contributed by atoms with van der Waals surface area (Å²) >= 11 is 5.65. The van der Waals surface area contributed by atoms with E-state index in [1.165, 1.54) is 0 Å². The minimum Gasteiger partial charge on any atom is -0.460 e. The summed E-state index contributed by atoms with van der Waals surface area (Å²) in [7, 11) is -4.07. The maximum atomic E-state index is 12.1. The van der Waals surface area contributed by atoms with Gasteiger partial charge in [-0.05, 0) is 38.1 Å². The van der Waals surface area contributed by atoms with Gasteiger partial charge in [0, 0.05) is 6.07 Å². The predicted octanol–water partition coefficient (Wildman–Crippen LogP) is 2.85. The van der Waals surface area contributed by atoms with E-state index in [1.54, 1.807) is 26.0 Å². The van der Waals surface area contributed by atoms with Crippen molar-refractivity contribution in [2.24, 2.45) is 5.10 Å². The molecule has 0 aliphatic carbocycles. The Morgan fingerprint density at radius 3 is 2.61 bits per heavy atom. The number of halogens is 1. The number of furan rings is 1. The standard InChI is InChI=1S/C13H12ClN3O5S/c1-8-3-6-13(22-8)9(2)15-16-23(20,21)10-4-5-11(14)12(7-10)17(18)19/h3-7,16H,1-2H3/b15-9-. The second kappa shape index (κ2) is 6.39. The molecule has 1 aromatic heterocycles. The number of nitro benzene ring substituents is 1. The molecule has 0 aliphatic rings. The maximum Gasteiger partial charge on any atom is 0.289 e. The van der Waals surface area contributed by atoms with Gasteiger partial charge in [0.1, 0.15) is 22.3 Å². The molecule has 10 heteroatoms. The van der Waals surface area contributed by atoms with Gasteiger partial charge in [-0.15, -0.1) is 0 Å². The molecule has 0 bridgehead atoms. The molecule has 0 amide bonds. The van der Waals surface area contributed by atoms with Gasteiger partial charge in [0.25, 0.3) is 15.7 Å². The minimum atomic E-state index is -4.07. The molecule has 23 heavy (non-hydrogen) atoms. The van der Waals surface area contributed by atoms with Crippen molar-refractivity contribution in [3.05, 3.63) is 57.0 Å². The molecular formula is C13H12ClN3O5S. The van der Waals surface area contributed by atoms with E-state index < -0.39 is 20.6 Å². The van der Waals surface area contributed by atoms with E-state index in [1.807, 2.05) is 4.83 Å². The Balaban J connectivity index is 2.29. The van der Waals surface area contributed by atoms with Gasteiger partial charge >= 0.3 is 0 Å². The van der Waals surface area contributed by atoms with Crippen LogP contribution < -0.4 is 4.83 Å². The Labute approximate surface area is 137 Å². The highest BCUT2D eigenvalue weighted by Gasteiger charge is 2.20. The van der Waals surface area contributed by atoms with Crippen LogP contribution in [0.25, 0.3) is 0 Å². The number of hydrazone groups is 1. The van der Waals surface area contributed by atoms with Gasteiger partial charge in [-0.1, -0.05) is 11.6 Å². The second-order valence-electron chi connectivity index (χ2n) is 4.57. The van der Waals surface area contributed by atoms with Crippen LogP contribution in [0.1, 0.15) is 18.4 Å². The maximum absolute atomic E-state index is 12.1. The SMILES string of the molecule is C/C(=N/NS(=O)(=O)c1ccc(Cl)c([N+](=O)[O-])c1)c1ccc(C)o1. The quantitative estimate of drug-likeness (QED) is 0.502. The zero-order chi connectivity index (χ0) is 17.2. The summed E-state index contributed by atoms with van der Waals surface area (Å²) < 4.78 is 29.6. The van der Waals surface area contributed by atoms with Gasteiger partial charge in [-0.3, -0.25) is 10.1 Å². The van der Waals surface area contributed by atoms with Crippen LogP contribution in [-0.2, 0) is 10.0 Å². The average molecular weight is 358 g/mol. The van der Waals surface area contributed by atoms with E-state index in [9.17, 15) is 18.5 Å². The fourth-order valence-electron chi connectivity index (χ4n) is 1.66. The highest BCUT2D eigenvalue weighted by molar-refractivity contribution is 7.89. The molecule has 0 saturated heterocycles. The van der Waals surface area contributed by atoms with Crippen LogP contribution in [0.2, 0.25) is 5.02 Å². The lowest BCUT2D eigenvalue weighted by Gasteiger charge is -2.05. The summed E-state index contributed by atoms with van der Waals surface area (Å²) in [5.74, 6) is 1.07. The normalized spacial score (nSPS) is 12.2. The lowest BCUT2D eigenvalue weighted by molar-refractivity contribution is -0.384. The van der Waals surface area contributed by atoms with Crippen LogP contribution in [0.5, 0.6) is 0 Å². The van der Waals surface area contributed by atoms with Gasteiger partial charge in [0.15, 0.2) is 0 Å². The molecule has 2 aromatic rings. The van der Waals surface area contributed by atoms with Gasteiger partial charge < -0.3 is 4.42 Å². The van der Waals surface area contributed by atoms with Gasteiger partial charge in [0.05, 0.1) is 9.82 Å². The number of hydrogen-bond donors (Lipinski definition) is 1. The van der Waals surface area contributed by atoms with Crippen LogP contribution in [0.4, 0.5) is 5.69 Å². The van der Waals surface area contributed by atoms with Crippen molar-refractivity contribution < 1.29 is 17.8 Å². The minimum absolute atomic E-state index is 0.153. The number of benzene rings is 1. The molecule has 0 spiro atoms. The highest BCUT2D eigenvalue weighted by atomic mass is 35.5. The Hall–Kier alpha value is -2.39. The third-order valence-electron chi connectivity index (χ3n) is 2.86. The van der Waals surface area contributed by atoms with E-state index in [0.29, 0.717) is 17.2 Å². The molecule has 0 saturated carbocycles. The number of nitro groups is 1. The number of aryl methyl sites for hydroxylation is 1. The van der Waals surface area contributed by atoms with Crippen molar-refractivity contribution >= 4 is 33.0 Å². The molecule has 0 unspecified atom stereocenters. The molecule has 1 heterocycles. The average Bonchev–Trinajstić information content (AvgIpc) is 2.91. The molecule has 122 valence electrons. The Kier molecular flexibility index (Phi) is 4.71. The topological polar surface area (TPSA) is 115 Å². The first-order chi connectivity index (χ1) is 10.7. The zero-order valence-corrected chi connectivity index (χ0v) is 13.7. The van der Waals surface area contributed by atoms with Crippen molar-refractivity contribution in [1.82, 2.24) is 4.83 Å². The van der Waals surface area contributed by atoms with E-state index in [0.717, 1.165) is 18.2 Å². The number of sulfonamides is 1. The summed E-state index contributed by atoms with van der Waals surface area (Å²) in [5.41, 5.74) is -0.193. The van der Waals surface area contributed by atoms with Gasteiger partial charge in [0.2, 0.25) is 0 Å². The second-order valence-corrected chi connectivity index (χ2v) is 6.64. The van der Waals surface area contributed by atoms with E-state index in [-0.39, 0.29) is 9.92 Å². The van der Waals surface area contributed by atoms with Crippen LogP contribution in [-0.4, -0.2) is 19.1 Å². The molecule has 1 N–H and O–H groups in total. The number of rotatable bonds is 5. The predicted molar refractivity (Wildman–Crippen MR) is 84.1 cm³/mol. The van der Waals surface area contributed by atoms with E-state index in [2.05, 4.69) is 5.10 Å². The van der Waals surface area contributed by atoms with E-state index in [4.69, 9.17) is 16.0 Å². The Bertz CT molecular complexity index is 889. The lowest BCUT2D eigenvalue weighted by Crippen LogP contribution is -2.20. The van der Waals surface area contributed by atoms with Crippen LogP contribution in [0.15, 0.2) is 44.7 Å². The van der Waals surface area contributed by atoms with Gasteiger partial charge in [-0.2, -0.15) is 18.4 Å². The summed E-state index contributed by atoms with van der Waals surface area (Å²) in [5, 5.41) is 14.4. The van der Waals surface area contributed by atoms with E-state index >= 15 is 0 Å². The molecular weight excluding hydrogens is 346 g/mol. The molecule has 1 aromatic carbocycles. The van der Waals surface area contributed by atoms with Crippen molar-refractivity contribution in [3.63, 3.8) is 0 Å². The first kappa shape index (κ1) is 17.0. The van der Waals surface area contributed by atoms with Crippen molar-refractivity contribution in [1.29, 1.82) is 0 Å². The third-order valence-corrected chi connectivity index (χ3v) is 4.38. The van der Waals surface area contributed by atoms with Crippen molar-refractivity contribution in [2.75, 3.05) is 0 Å². The zero-order valence-electron chi connectivity index (χ0n) is 12.1. The summed E-state index contributed by atoms with van der Waals surface area (Å²) in [6.07, 6.45) is 0. The largest absolute Gasteiger partial charge is 0.460 e. The van der Waals surface area contributed by atoms with Gasteiger partial charge in [-0.25, -0.2) is 0 Å². The smallest absolute Gasteiger partial charge is 0.289 e. The monoisotopic (exact) mass is 357 g/mol. The Morgan fingerprint density at radius 2 is 2.04 bits per heavy atom. The van der Waals surface area contributed by atoms with Crippen molar-refractivity contribution in [3.8, 4) is 0 Å². The summed E-state index contributed by atoms with van der Waals surface area (Å²) in [6, 6.07) is 6.52. The van der Waals surface area contributed by atoms with Crippen molar-refractivity contribution in [2.45, 2.75) is 18.7 Å². The van der Waals surface area contributed by atoms with Crippen LogP contribution >= 0.6 is 11.6 Å². The molecule has 0 atom stereocenters. The number of hydrogen-bond acceptors (Lipinski definition) is 6. The number of nitrogens with one attached hydrogen (secondary N) is 1. The molecule has 0 fully saturated rings. The lowest BCUT2D eigenvalue weighted by atomic mass is 10.3. The summed E-state index contributed by atoms with van der Waals surface area (Å²) in [6.45, 7) is 3.30. The molecule has 2 rings (SSSR count). The molecule has 8 nitrogen and oxygen atoms in total. The molecule has 0 radical (unpaired) electrons. The first-order valence-corrected chi connectivity index (χ1v) is 8.13. The van der Waals surface area contributed by atoms with Crippen LogP contribution in [0.3, 0.4) is 0 Å². The molecule has 0 aliphatic heterocycles. The number of nitrogens with zero attached hydrogens (tertiary/aromatic N) is 2.